The Morgan fingerprint density at radius 2 is 1.76 bits per heavy atom. The minimum atomic E-state index is 0.337. The Morgan fingerprint density at radius 3 is 2.35 bits per heavy atom. The van der Waals surface area contributed by atoms with Crippen LogP contribution in [0.1, 0.15) is 71.6 Å². The van der Waals surface area contributed by atoms with E-state index in [2.05, 4.69) is 13.8 Å². The van der Waals surface area contributed by atoms with Crippen LogP contribution in [-0.2, 0) is 4.79 Å². The van der Waals surface area contributed by atoms with Gasteiger partial charge >= 0.3 is 0 Å². The van der Waals surface area contributed by atoms with E-state index in [1.807, 2.05) is 6.08 Å². The number of carbonyl (C=O) groups is 1. The summed E-state index contributed by atoms with van der Waals surface area (Å²) in [7, 11) is 0. The fourth-order valence-electron chi connectivity index (χ4n) is 2.82. The highest BCUT2D eigenvalue weighted by Gasteiger charge is 2.21. The summed E-state index contributed by atoms with van der Waals surface area (Å²) in [5.74, 6) is 1.96. The van der Waals surface area contributed by atoms with Crippen LogP contribution in [0.15, 0.2) is 12.2 Å². The quantitative estimate of drug-likeness (QED) is 0.574. The fourth-order valence-corrected chi connectivity index (χ4v) is 2.82. The molecule has 0 saturated heterocycles. The SMILES string of the molecule is CCC=CC(=O)C[C@H]1CC[C@H](CCCC)CC1. The molecule has 0 bridgehead atoms. The lowest BCUT2D eigenvalue weighted by molar-refractivity contribution is -0.115. The van der Waals surface area contributed by atoms with Gasteiger partial charge in [-0.15, -0.1) is 0 Å². The number of ketones is 1. The van der Waals surface area contributed by atoms with E-state index in [1.165, 1.54) is 44.9 Å². The van der Waals surface area contributed by atoms with Crippen molar-refractivity contribution in [2.24, 2.45) is 11.8 Å². The Labute approximate surface area is 107 Å². The van der Waals surface area contributed by atoms with Crippen molar-refractivity contribution in [1.82, 2.24) is 0 Å². The molecule has 0 N–H and O–H groups in total. The molecule has 0 atom stereocenters. The van der Waals surface area contributed by atoms with Gasteiger partial charge in [-0.1, -0.05) is 52.0 Å². The Balaban J connectivity index is 2.18. The normalized spacial score (nSPS) is 25.3. The van der Waals surface area contributed by atoms with E-state index in [1.54, 1.807) is 6.08 Å². The maximum atomic E-state index is 11.6. The van der Waals surface area contributed by atoms with Crippen LogP contribution in [0.3, 0.4) is 0 Å². The van der Waals surface area contributed by atoms with Gasteiger partial charge < -0.3 is 0 Å². The monoisotopic (exact) mass is 236 g/mol. The van der Waals surface area contributed by atoms with Crippen molar-refractivity contribution in [2.45, 2.75) is 71.6 Å². The van der Waals surface area contributed by atoms with Crippen LogP contribution in [0.2, 0.25) is 0 Å². The van der Waals surface area contributed by atoms with Crippen LogP contribution in [-0.4, -0.2) is 5.78 Å². The lowest BCUT2D eigenvalue weighted by atomic mass is 9.78. The van der Waals surface area contributed by atoms with Crippen LogP contribution in [0.25, 0.3) is 0 Å². The second-order valence-corrected chi connectivity index (χ2v) is 5.51. The Bertz CT molecular complexity index is 234. The topological polar surface area (TPSA) is 17.1 Å². The molecular formula is C16H28O. The first-order valence-electron chi connectivity index (χ1n) is 7.45. The molecule has 1 aliphatic carbocycles. The maximum absolute atomic E-state index is 11.6. The Morgan fingerprint density at radius 1 is 1.12 bits per heavy atom. The third-order valence-corrected chi connectivity index (χ3v) is 3.96. The van der Waals surface area contributed by atoms with Gasteiger partial charge in [-0.3, -0.25) is 4.79 Å². The fraction of sp³-hybridized carbons (Fsp3) is 0.812. The third kappa shape index (κ3) is 6.05. The molecule has 0 heterocycles. The predicted octanol–water partition coefficient (Wildman–Crippen LogP) is 4.91. The molecule has 1 rings (SSSR count). The van der Waals surface area contributed by atoms with E-state index >= 15 is 0 Å². The second-order valence-electron chi connectivity index (χ2n) is 5.51. The molecule has 1 heteroatoms. The third-order valence-electron chi connectivity index (χ3n) is 3.96. The zero-order chi connectivity index (χ0) is 12.5. The summed E-state index contributed by atoms with van der Waals surface area (Å²) in [6.45, 7) is 4.34. The highest BCUT2D eigenvalue weighted by molar-refractivity contribution is 5.89. The zero-order valence-electron chi connectivity index (χ0n) is 11.6. The highest BCUT2D eigenvalue weighted by Crippen LogP contribution is 2.33. The van der Waals surface area contributed by atoms with Crippen LogP contribution < -0.4 is 0 Å². The van der Waals surface area contributed by atoms with Crippen molar-refractivity contribution in [2.75, 3.05) is 0 Å². The summed E-state index contributed by atoms with van der Waals surface area (Å²) in [4.78, 5) is 11.6. The first-order valence-corrected chi connectivity index (χ1v) is 7.45. The lowest BCUT2D eigenvalue weighted by Crippen LogP contribution is -2.16. The maximum Gasteiger partial charge on any atom is 0.155 e. The van der Waals surface area contributed by atoms with Crippen molar-refractivity contribution in [1.29, 1.82) is 0 Å². The van der Waals surface area contributed by atoms with Crippen molar-refractivity contribution >= 4 is 5.78 Å². The van der Waals surface area contributed by atoms with Gasteiger partial charge in [0, 0.05) is 6.42 Å². The van der Waals surface area contributed by atoms with E-state index < -0.39 is 0 Å². The number of hydrogen-bond donors (Lipinski definition) is 0. The van der Waals surface area contributed by atoms with E-state index in [0.29, 0.717) is 11.7 Å². The Hall–Kier alpha value is -0.590. The largest absolute Gasteiger partial charge is 0.295 e. The van der Waals surface area contributed by atoms with Crippen LogP contribution in [0, 0.1) is 11.8 Å². The summed E-state index contributed by atoms with van der Waals surface area (Å²) in [5.41, 5.74) is 0. The van der Waals surface area contributed by atoms with Gasteiger partial charge in [0.05, 0.1) is 0 Å². The molecule has 1 fully saturated rings. The number of rotatable bonds is 7. The van der Waals surface area contributed by atoms with E-state index in [4.69, 9.17) is 0 Å². The molecule has 0 radical (unpaired) electrons. The zero-order valence-corrected chi connectivity index (χ0v) is 11.6. The summed E-state index contributed by atoms with van der Waals surface area (Å²) >= 11 is 0. The molecule has 0 amide bonds. The molecule has 0 unspecified atom stereocenters. The molecule has 1 nitrogen and oxygen atoms in total. The molecule has 1 aliphatic rings. The molecule has 98 valence electrons. The first-order chi connectivity index (χ1) is 8.26. The molecule has 0 aromatic rings. The van der Waals surface area contributed by atoms with Gasteiger partial charge in [-0.25, -0.2) is 0 Å². The first kappa shape index (κ1) is 14.5. The van der Waals surface area contributed by atoms with Crippen molar-refractivity contribution < 1.29 is 4.79 Å². The summed E-state index contributed by atoms with van der Waals surface area (Å²) in [6, 6.07) is 0. The number of hydrogen-bond acceptors (Lipinski definition) is 1. The molecule has 0 spiro atoms. The molecule has 1 saturated carbocycles. The van der Waals surface area contributed by atoms with E-state index in [9.17, 15) is 4.79 Å². The number of unbranched alkanes of at least 4 members (excludes halogenated alkanes) is 1. The smallest absolute Gasteiger partial charge is 0.155 e. The highest BCUT2D eigenvalue weighted by atomic mass is 16.1. The summed E-state index contributed by atoms with van der Waals surface area (Å²) in [6.07, 6.45) is 14.9. The van der Waals surface area contributed by atoms with Gasteiger partial charge in [0.1, 0.15) is 0 Å². The van der Waals surface area contributed by atoms with Crippen LogP contribution in [0.4, 0.5) is 0 Å². The van der Waals surface area contributed by atoms with Crippen molar-refractivity contribution in [3.63, 3.8) is 0 Å². The predicted molar refractivity (Wildman–Crippen MR) is 74.0 cm³/mol. The minimum Gasteiger partial charge on any atom is -0.295 e. The van der Waals surface area contributed by atoms with Gasteiger partial charge in [-0.2, -0.15) is 0 Å². The van der Waals surface area contributed by atoms with Gasteiger partial charge in [0.15, 0.2) is 5.78 Å². The number of carbonyl (C=O) groups excluding carboxylic acids is 1. The van der Waals surface area contributed by atoms with E-state index in [-0.39, 0.29) is 0 Å². The minimum absolute atomic E-state index is 0.337. The summed E-state index contributed by atoms with van der Waals surface area (Å²) < 4.78 is 0. The second kappa shape index (κ2) is 8.49. The molecule has 17 heavy (non-hydrogen) atoms. The van der Waals surface area contributed by atoms with Gasteiger partial charge in [0.2, 0.25) is 0 Å². The standard InChI is InChI=1S/C16H28O/c1-3-5-7-14-9-11-15(12-10-14)13-16(17)8-6-4-2/h6,8,14-15H,3-5,7,9-13H2,1-2H3/t14-,15-. The average molecular weight is 236 g/mol. The molecular weight excluding hydrogens is 208 g/mol. The average Bonchev–Trinajstić information content (AvgIpc) is 2.35. The van der Waals surface area contributed by atoms with E-state index in [0.717, 1.165) is 18.8 Å². The van der Waals surface area contributed by atoms with Crippen LogP contribution in [0.5, 0.6) is 0 Å². The summed E-state index contributed by atoms with van der Waals surface area (Å²) in [5, 5.41) is 0. The van der Waals surface area contributed by atoms with Crippen LogP contribution >= 0.6 is 0 Å². The van der Waals surface area contributed by atoms with Gasteiger partial charge in [0.25, 0.3) is 0 Å². The Kier molecular flexibility index (Phi) is 7.23. The number of allylic oxidation sites excluding steroid dienone is 2. The molecule has 0 aromatic heterocycles. The van der Waals surface area contributed by atoms with Crippen molar-refractivity contribution in [3.05, 3.63) is 12.2 Å². The van der Waals surface area contributed by atoms with Crippen molar-refractivity contribution in [3.8, 4) is 0 Å². The lowest BCUT2D eigenvalue weighted by Gasteiger charge is -2.27. The molecule has 0 aromatic carbocycles. The van der Waals surface area contributed by atoms with Gasteiger partial charge in [-0.05, 0) is 37.2 Å². The molecule has 0 aliphatic heterocycles.